The quantitative estimate of drug-likeness (QED) is 0.583. The highest BCUT2D eigenvalue weighted by Crippen LogP contribution is 2.26. The van der Waals surface area contributed by atoms with Crippen LogP contribution in [0.1, 0.15) is 21.7 Å². The van der Waals surface area contributed by atoms with Gasteiger partial charge in [-0.3, -0.25) is 4.79 Å². The van der Waals surface area contributed by atoms with E-state index in [0.717, 1.165) is 33.5 Å². The van der Waals surface area contributed by atoms with Crippen molar-refractivity contribution in [1.29, 1.82) is 0 Å². The minimum absolute atomic E-state index is 0.142. The van der Waals surface area contributed by atoms with Gasteiger partial charge in [0.25, 0.3) is 5.91 Å². The zero-order valence-electron chi connectivity index (χ0n) is 14.4. The average molecular weight is 342 g/mol. The van der Waals surface area contributed by atoms with Crippen molar-refractivity contribution in [3.05, 3.63) is 89.9 Å². The smallest absolute Gasteiger partial charge is 0.252 e. The van der Waals surface area contributed by atoms with Gasteiger partial charge in [-0.2, -0.15) is 0 Å². The van der Waals surface area contributed by atoms with Crippen LogP contribution in [-0.4, -0.2) is 10.9 Å². The number of rotatable bonds is 4. The van der Waals surface area contributed by atoms with E-state index in [9.17, 15) is 4.79 Å². The lowest BCUT2D eigenvalue weighted by Crippen LogP contribution is -2.23. The molecule has 0 atom stereocenters. The van der Waals surface area contributed by atoms with Crippen molar-refractivity contribution < 1.29 is 9.21 Å². The third kappa shape index (κ3) is 3.09. The standard InChI is InChI=1S/C22H18N2O2/c1-15-7-5-11-18-19(22(25)23-14-17-10-6-12-26-17)13-20(24-21(15)18)16-8-3-2-4-9-16/h2-13H,14H2,1H3,(H,23,25). The first kappa shape index (κ1) is 16.1. The highest BCUT2D eigenvalue weighted by atomic mass is 16.3. The predicted molar refractivity (Wildman–Crippen MR) is 102 cm³/mol. The van der Waals surface area contributed by atoms with Crippen molar-refractivity contribution in [3.63, 3.8) is 0 Å². The minimum Gasteiger partial charge on any atom is -0.467 e. The van der Waals surface area contributed by atoms with Crippen LogP contribution in [0.25, 0.3) is 22.2 Å². The van der Waals surface area contributed by atoms with Crippen molar-refractivity contribution in [2.24, 2.45) is 0 Å². The van der Waals surface area contributed by atoms with Crippen molar-refractivity contribution in [1.82, 2.24) is 10.3 Å². The van der Waals surface area contributed by atoms with Crippen LogP contribution >= 0.6 is 0 Å². The largest absolute Gasteiger partial charge is 0.467 e. The summed E-state index contributed by atoms with van der Waals surface area (Å²) in [5, 5.41) is 3.78. The molecular weight excluding hydrogens is 324 g/mol. The molecule has 4 heteroatoms. The first-order valence-electron chi connectivity index (χ1n) is 8.49. The summed E-state index contributed by atoms with van der Waals surface area (Å²) in [6.45, 7) is 2.36. The van der Waals surface area contributed by atoms with Gasteiger partial charge in [-0.05, 0) is 30.7 Å². The molecule has 0 aliphatic carbocycles. The van der Waals surface area contributed by atoms with Crippen LogP contribution in [0.3, 0.4) is 0 Å². The van der Waals surface area contributed by atoms with Gasteiger partial charge in [0.05, 0.1) is 29.6 Å². The number of carbonyl (C=O) groups is 1. The number of fused-ring (bicyclic) bond motifs is 1. The number of benzene rings is 2. The SMILES string of the molecule is Cc1cccc2c(C(=O)NCc3ccco3)cc(-c3ccccc3)nc12. The third-order valence-electron chi connectivity index (χ3n) is 4.36. The third-order valence-corrected chi connectivity index (χ3v) is 4.36. The van der Waals surface area contributed by atoms with E-state index in [-0.39, 0.29) is 5.91 Å². The fraction of sp³-hybridized carbons (Fsp3) is 0.0909. The van der Waals surface area contributed by atoms with Gasteiger partial charge in [0.1, 0.15) is 5.76 Å². The number of aryl methyl sites for hydroxylation is 1. The van der Waals surface area contributed by atoms with Gasteiger partial charge in [-0.1, -0.05) is 48.5 Å². The Kier molecular flexibility index (Phi) is 4.23. The molecule has 4 nitrogen and oxygen atoms in total. The number of furan rings is 1. The number of pyridine rings is 1. The molecule has 2 aromatic carbocycles. The lowest BCUT2D eigenvalue weighted by Gasteiger charge is -2.11. The van der Waals surface area contributed by atoms with Gasteiger partial charge >= 0.3 is 0 Å². The number of nitrogens with zero attached hydrogens (tertiary/aromatic N) is 1. The van der Waals surface area contributed by atoms with Crippen LogP contribution in [-0.2, 0) is 6.54 Å². The molecule has 0 unspecified atom stereocenters. The topological polar surface area (TPSA) is 55.1 Å². The van der Waals surface area contributed by atoms with E-state index in [1.54, 1.807) is 12.3 Å². The fourth-order valence-electron chi connectivity index (χ4n) is 3.01. The molecule has 26 heavy (non-hydrogen) atoms. The van der Waals surface area contributed by atoms with Crippen molar-refractivity contribution >= 4 is 16.8 Å². The highest BCUT2D eigenvalue weighted by Gasteiger charge is 2.15. The monoisotopic (exact) mass is 342 g/mol. The second-order valence-corrected chi connectivity index (χ2v) is 6.15. The maximum atomic E-state index is 12.9. The number of nitrogens with one attached hydrogen (secondary N) is 1. The Morgan fingerprint density at radius 1 is 1.04 bits per heavy atom. The second-order valence-electron chi connectivity index (χ2n) is 6.15. The van der Waals surface area contributed by atoms with Crippen LogP contribution in [0.15, 0.2) is 77.4 Å². The Morgan fingerprint density at radius 3 is 2.65 bits per heavy atom. The molecule has 0 saturated heterocycles. The molecule has 0 fully saturated rings. The van der Waals surface area contributed by atoms with Crippen molar-refractivity contribution in [2.45, 2.75) is 13.5 Å². The number of para-hydroxylation sites is 1. The van der Waals surface area contributed by atoms with E-state index >= 15 is 0 Å². The lowest BCUT2D eigenvalue weighted by atomic mass is 10.0. The molecule has 4 aromatic rings. The summed E-state index contributed by atoms with van der Waals surface area (Å²) < 4.78 is 5.29. The normalized spacial score (nSPS) is 10.8. The van der Waals surface area contributed by atoms with Gasteiger partial charge < -0.3 is 9.73 Å². The summed E-state index contributed by atoms with van der Waals surface area (Å²) in [5.41, 5.74) is 4.27. The number of amides is 1. The van der Waals surface area contributed by atoms with Crippen LogP contribution in [0, 0.1) is 6.92 Å². The van der Waals surface area contributed by atoms with E-state index in [1.165, 1.54) is 0 Å². The zero-order valence-corrected chi connectivity index (χ0v) is 14.4. The average Bonchev–Trinajstić information content (AvgIpc) is 3.20. The van der Waals surface area contributed by atoms with Gasteiger partial charge in [-0.25, -0.2) is 4.98 Å². The summed E-state index contributed by atoms with van der Waals surface area (Å²) in [4.78, 5) is 17.7. The van der Waals surface area contributed by atoms with Crippen LogP contribution in [0.4, 0.5) is 0 Å². The minimum atomic E-state index is -0.142. The highest BCUT2D eigenvalue weighted by molar-refractivity contribution is 6.07. The molecule has 128 valence electrons. The number of aromatic nitrogens is 1. The van der Waals surface area contributed by atoms with Crippen molar-refractivity contribution in [2.75, 3.05) is 0 Å². The van der Waals surface area contributed by atoms with Gasteiger partial charge in [0, 0.05) is 10.9 Å². The van der Waals surface area contributed by atoms with Crippen LogP contribution in [0.5, 0.6) is 0 Å². The van der Waals surface area contributed by atoms with Crippen LogP contribution < -0.4 is 5.32 Å². The number of carbonyl (C=O) groups excluding carboxylic acids is 1. The summed E-state index contributed by atoms with van der Waals surface area (Å²) in [6.07, 6.45) is 1.60. The van der Waals surface area contributed by atoms with Gasteiger partial charge in [0.15, 0.2) is 0 Å². The van der Waals surface area contributed by atoms with E-state index in [2.05, 4.69) is 5.32 Å². The second kappa shape index (κ2) is 6.84. The fourth-order valence-corrected chi connectivity index (χ4v) is 3.01. The van der Waals surface area contributed by atoms with E-state index in [4.69, 9.17) is 9.40 Å². The molecule has 0 aliphatic heterocycles. The zero-order chi connectivity index (χ0) is 17.9. The van der Waals surface area contributed by atoms with Gasteiger partial charge in [0.2, 0.25) is 0 Å². The van der Waals surface area contributed by atoms with Gasteiger partial charge in [-0.15, -0.1) is 0 Å². The predicted octanol–water partition coefficient (Wildman–Crippen LogP) is 4.73. The molecule has 4 rings (SSSR count). The maximum absolute atomic E-state index is 12.9. The molecule has 0 bridgehead atoms. The summed E-state index contributed by atoms with van der Waals surface area (Å²) in [5.74, 6) is 0.577. The summed E-state index contributed by atoms with van der Waals surface area (Å²) in [7, 11) is 0. The molecule has 0 saturated carbocycles. The first-order chi connectivity index (χ1) is 12.7. The molecule has 0 spiro atoms. The van der Waals surface area contributed by atoms with E-state index in [0.29, 0.717) is 12.1 Å². The molecule has 2 heterocycles. The molecular formula is C22H18N2O2. The maximum Gasteiger partial charge on any atom is 0.252 e. The molecule has 0 aliphatic rings. The Morgan fingerprint density at radius 2 is 1.88 bits per heavy atom. The Bertz CT molecular complexity index is 1050. The Balaban J connectivity index is 1.79. The number of hydrogen-bond donors (Lipinski definition) is 1. The van der Waals surface area contributed by atoms with Crippen LogP contribution in [0.2, 0.25) is 0 Å². The first-order valence-corrected chi connectivity index (χ1v) is 8.49. The lowest BCUT2D eigenvalue weighted by molar-refractivity contribution is 0.0949. The molecule has 1 amide bonds. The molecule has 2 aromatic heterocycles. The van der Waals surface area contributed by atoms with E-state index in [1.807, 2.05) is 67.6 Å². The van der Waals surface area contributed by atoms with E-state index < -0.39 is 0 Å². The summed E-state index contributed by atoms with van der Waals surface area (Å²) in [6, 6.07) is 21.3. The molecule has 1 N–H and O–H groups in total. The summed E-state index contributed by atoms with van der Waals surface area (Å²) >= 11 is 0. The Labute approximate surface area is 151 Å². The van der Waals surface area contributed by atoms with Crippen molar-refractivity contribution in [3.8, 4) is 11.3 Å². The Hall–Kier alpha value is -3.40. The number of hydrogen-bond acceptors (Lipinski definition) is 3. The molecule has 0 radical (unpaired) electrons.